The molecule has 2 N–H and O–H groups in total. The fourth-order valence-electron chi connectivity index (χ4n) is 2.98. The monoisotopic (exact) mass is 425 g/mol. The molecule has 0 spiro atoms. The van der Waals surface area contributed by atoms with Gasteiger partial charge in [-0.2, -0.15) is 0 Å². The van der Waals surface area contributed by atoms with Crippen LogP contribution >= 0.6 is 0 Å². The van der Waals surface area contributed by atoms with E-state index in [2.05, 4.69) is 5.32 Å². The molecule has 31 heavy (non-hydrogen) atoms. The van der Waals surface area contributed by atoms with Gasteiger partial charge in [-0.05, 0) is 34.9 Å². The largest absolute Gasteiger partial charge is 0.489 e. The van der Waals surface area contributed by atoms with Crippen molar-refractivity contribution in [3.63, 3.8) is 0 Å². The van der Waals surface area contributed by atoms with Crippen LogP contribution in [0.5, 0.6) is 5.75 Å². The molecule has 0 radical (unpaired) electrons. The normalized spacial score (nSPS) is 11.5. The van der Waals surface area contributed by atoms with Gasteiger partial charge in [-0.25, -0.2) is 13.6 Å². The quantitative estimate of drug-likeness (QED) is 0.545. The lowest BCUT2D eigenvalue weighted by Crippen LogP contribution is -2.43. The van der Waals surface area contributed by atoms with Crippen LogP contribution in [-0.2, 0) is 29.0 Å². The number of carboxylic acid groups (broad SMARTS) is 1. The van der Waals surface area contributed by atoms with Gasteiger partial charge in [0.1, 0.15) is 30.0 Å². The minimum absolute atomic E-state index is 0.0112. The van der Waals surface area contributed by atoms with Crippen LogP contribution < -0.4 is 10.1 Å². The fraction of sp³-hybridized carbons (Fsp3) is 0.167. The summed E-state index contributed by atoms with van der Waals surface area (Å²) in [5, 5.41) is 11.8. The van der Waals surface area contributed by atoms with Gasteiger partial charge >= 0.3 is 5.97 Å². The maximum absolute atomic E-state index is 13.7. The average Bonchev–Trinajstić information content (AvgIpc) is 2.75. The van der Waals surface area contributed by atoms with E-state index in [0.29, 0.717) is 24.0 Å². The molecule has 0 heterocycles. The molecule has 7 heteroatoms. The van der Waals surface area contributed by atoms with Crippen LogP contribution in [0.4, 0.5) is 8.78 Å². The van der Waals surface area contributed by atoms with Crippen molar-refractivity contribution in [3.8, 4) is 5.75 Å². The Hall–Kier alpha value is -3.74. The van der Waals surface area contributed by atoms with Crippen LogP contribution in [-0.4, -0.2) is 23.0 Å². The van der Waals surface area contributed by atoms with E-state index in [0.717, 1.165) is 17.7 Å². The zero-order valence-corrected chi connectivity index (χ0v) is 16.6. The second-order valence-corrected chi connectivity index (χ2v) is 6.99. The van der Waals surface area contributed by atoms with Gasteiger partial charge in [0, 0.05) is 12.5 Å². The highest BCUT2D eigenvalue weighted by Crippen LogP contribution is 2.16. The van der Waals surface area contributed by atoms with Gasteiger partial charge in [-0.3, -0.25) is 4.79 Å². The summed E-state index contributed by atoms with van der Waals surface area (Å²) >= 11 is 0. The molecule has 0 fully saturated rings. The van der Waals surface area contributed by atoms with E-state index in [1.165, 1.54) is 0 Å². The molecule has 160 valence electrons. The minimum atomic E-state index is -1.21. The van der Waals surface area contributed by atoms with Crippen LogP contribution in [0.25, 0.3) is 0 Å². The Bertz CT molecular complexity index is 1040. The Labute approximate surface area is 178 Å². The Balaban J connectivity index is 1.56. The first-order valence-electron chi connectivity index (χ1n) is 9.62. The summed E-state index contributed by atoms with van der Waals surface area (Å²) < 4.78 is 32.4. The van der Waals surface area contributed by atoms with E-state index in [1.807, 2.05) is 30.3 Å². The third-order valence-electron chi connectivity index (χ3n) is 4.61. The van der Waals surface area contributed by atoms with Gasteiger partial charge in [0.25, 0.3) is 0 Å². The van der Waals surface area contributed by atoms with Crippen molar-refractivity contribution >= 4 is 11.9 Å². The second kappa shape index (κ2) is 10.3. The van der Waals surface area contributed by atoms with Crippen LogP contribution in [0.2, 0.25) is 0 Å². The highest BCUT2D eigenvalue weighted by Gasteiger charge is 2.21. The summed E-state index contributed by atoms with van der Waals surface area (Å²) in [5.41, 5.74) is 1.70. The summed E-state index contributed by atoms with van der Waals surface area (Å²) in [6.45, 7) is 0.411. The number of ether oxygens (including phenoxy) is 1. The summed E-state index contributed by atoms with van der Waals surface area (Å²) in [7, 11) is 0. The molecule has 0 aliphatic rings. The van der Waals surface area contributed by atoms with Gasteiger partial charge < -0.3 is 15.2 Å². The number of carbonyl (C=O) groups is 2. The standard InChI is InChI=1S/C24H21F2NO4/c25-19-9-8-18(21(26)14-19)13-23(28)27-22(24(29)30)12-16-6-10-20(11-7-16)31-15-17-4-2-1-3-5-17/h1-11,14,22H,12-13,15H2,(H,27,28)(H,29,30)/t22-/m0/s1. The predicted molar refractivity (Wildman–Crippen MR) is 111 cm³/mol. The zero-order chi connectivity index (χ0) is 22.2. The second-order valence-electron chi connectivity index (χ2n) is 6.99. The summed E-state index contributed by atoms with van der Waals surface area (Å²) in [5.74, 6) is -2.84. The third-order valence-corrected chi connectivity index (χ3v) is 4.61. The van der Waals surface area contributed by atoms with E-state index >= 15 is 0 Å². The number of rotatable bonds is 9. The van der Waals surface area contributed by atoms with Gasteiger partial charge in [-0.1, -0.05) is 48.5 Å². The van der Waals surface area contributed by atoms with Crippen molar-refractivity contribution in [2.45, 2.75) is 25.5 Å². The molecule has 0 aromatic heterocycles. The van der Waals surface area contributed by atoms with E-state index in [9.17, 15) is 23.5 Å². The number of halogens is 2. The van der Waals surface area contributed by atoms with Crippen LogP contribution in [0, 0.1) is 11.6 Å². The zero-order valence-electron chi connectivity index (χ0n) is 16.6. The molecule has 0 saturated heterocycles. The Kier molecular flexibility index (Phi) is 7.32. The molecule has 3 rings (SSSR count). The predicted octanol–water partition coefficient (Wildman–Crippen LogP) is 3.90. The molecular formula is C24H21F2NO4. The van der Waals surface area contributed by atoms with Crippen molar-refractivity contribution in [1.29, 1.82) is 0 Å². The Morgan fingerprint density at radius 1 is 0.935 bits per heavy atom. The van der Waals surface area contributed by atoms with Gasteiger partial charge in [0.05, 0.1) is 6.42 Å². The Morgan fingerprint density at radius 2 is 1.65 bits per heavy atom. The molecule has 3 aromatic carbocycles. The number of carbonyl (C=O) groups excluding carboxylic acids is 1. The third kappa shape index (κ3) is 6.64. The van der Waals surface area contributed by atoms with Crippen LogP contribution in [0.1, 0.15) is 16.7 Å². The number of hydrogen-bond donors (Lipinski definition) is 2. The van der Waals surface area contributed by atoms with E-state index in [1.54, 1.807) is 24.3 Å². The number of hydrogen-bond acceptors (Lipinski definition) is 3. The summed E-state index contributed by atoms with van der Waals surface area (Å²) in [6.07, 6.45) is -0.339. The number of amides is 1. The lowest BCUT2D eigenvalue weighted by atomic mass is 10.0. The highest BCUT2D eigenvalue weighted by molar-refractivity contribution is 5.85. The summed E-state index contributed by atoms with van der Waals surface area (Å²) in [4.78, 5) is 23.7. The molecule has 5 nitrogen and oxygen atoms in total. The minimum Gasteiger partial charge on any atom is -0.489 e. The number of nitrogens with one attached hydrogen (secondary N) is 1. The van der Waals surface area contributed by atoms with E-state index in [-0.39, 0.29) is 18.4 Å². The molecule has 0 aliphatic heterocycles. The van der Waals surface area contributed by atoms with Crippen molar-refractivity contribution < 1.29 is 28.2 Å². The van der Waals surface area contributed by atoms with Gasteiger partial charge in [0.2, 0.25) is 5.91 Å². The van der Waals surface area contributed by atoms with Crippen molar-refractivity contribution in [3.05, 3.63) is 101 Å². The first-order valence-corrected chi connectivity index (χ1v) is 9.62. The van der Waals surface area contributed by atoms with Crippen LogP contribution in [0.15, 0.2) is 72.8 Å². The Morgan fingerprint density at radius 3 is 2.29 bits per heavy atom. The molecule has 0 aliphatic carbocycles. The van der Waals surface area contributed by atoms with Crippen molar-refractivity contribution in [1.82, 2.24) is 5.32 Å². The fourth-order valence-corrected chi connectivity index (χ4v) is 2.98. The lowest BCUT2D eigenvalue weighted by molar-refractivity contribution is -0.141. The highest BCUT2D eigenvalue weighted by atomic mass is 19.1. The first kappa shape index (κ1) is 22.0. The topological polar surface area (TPSA) is 75.6 Å². The lowest BCUT2D eigenvalue weighted by Gasteiger charge is -2.15. The maximum Gasteiger partial charge on any atom is 0.326 e. The molecule has 0 bridgehead atoms. The summed E-state index contributed by atoms with van der Waals surface area (Å²) in [6, 6.07) is 18.3. The average molecular weight is 425 g/mol. The molecular weight excluding hydrogens is 404 g/mol. The van der Waals surface area contributed by atoms with Crippen molar-refractivity contribution in [2.75, 3.05) is 0 Å². The number of carboxylic acids is 1. The number of benzene rings is 3. The van der Waals surface area contributed by atoms with Gasteiger partial charge in [-0.15, -0.1) is 0 Å². The smallest absolute Gasteiger partial charge is 0.326 e. The first-order chi connectivity index (χ1) is 14.9. The maximum atomic E-state index is 13.7. The SMILES string of the molecule is O=C(Cc1ccc(F)cc1F)N[C@@H](Cc1ccc(OCc2ccccc2)cc1)C(=O)O. The van der Waals surface area contributed by atoms with Crippen LogP contribution in [0.3, 0.4) is 0 Å². The molecule has 0 saturated carbocycles. The number of aliphatic carboxylic acids is 1. The molecule has 1 amide bonds. The van der Waals surface area contributed by atoms with E-state index in [4.69, 9.17) is 4.74 Å². The molecule has 1 atom stereocenters. The van der Waals surface area contributed by atoms with E-state index < -0.39 is 29.6 Å². The van der Waals surface area contributed by atoms with Gasteiger partial charge in [0.15, 0.2) is 0 Å². The molecule has 3 aromatic rings. The molecule has 0 unspecified atom stereocenters. The van der Waals surface area contributed by atoms with Crippen molar-refractivity contribution in [2.24, 2.45) is 0 Å².